The lowest BCUT2D eigenvalue weighted by Crippen LogP contribution is -2.32. The Morgan fingerprint density at radius 1 is 1.31 bits per heavy atom. The SMILES string of the molecule is O=C(CSc1nnnn1C[C@H]1CCCO1)N[C@H]1CCCc2ccccc21. The van der Waals surface area contributed by atoms with E-state index >= 15 is 0 Å². The van der Waals surface area contributed by atoms with Crippen LogP contribution in [0, 0.1) is 0 Å². The van der Waals surface area contributed by atoms with E-state index in [4.69, 9.17) is 4.74 Å². The zero-order chi connectivity index (χ0) is 17.8. The molecule has 1 aliphatic carbocycles. The summed E-state index contributed by atoms with van der Waals surface area (Å²) in [4.78, 5) is 12.4. The summed E-state index contributed by atoms with van der Waals surface area (Å²) in [7, 11) is 0. The fourth-order valence-electron chi connectivity index (χ4n) is 3.67. The molecular weight excluding hydrogens is 350 g/mol. The number of thioether (sulfide) groups is 1. The van der Waals surface area contributed by atoms with Gasteiger partial charge < -0.3 is 10.1 Å². The third kappa shape index (κ3) is 4.07. The number of rotatable bonds is 6. The summed E-state index contributed by atoms with van der Waals surface area (Å²) >= 11 is 1.37. The molecule has 2 aromatic rings. The van der Waals surface area contributed by atoms with Gasteiger partial charge >= 0.3 is 0 Å². The summed E-state index contributed by atoms with van der Waals surface area (Å²) in [6, 6.07) is 8.48. The van der Waals surface area contributed by atoms with Crippen LogP contribution in [0.25, 0.3) is 0 Å². The first kappa shape index (κ1) is 17.5. The molecule has 0 spiro atoms. The maximum absolute atomic E-state index is 12.4. The number of benzene rings is 1. The number of nitrogens with zero attached hydrogens (tertiary/aromatic N) is 4. The smallest absolute Gasteiger partial charge is 0.230 e. The molecule has 138 valence electrons. The molecule has 0 unspecified atom stereocenters. The number of hydrogen-bond donors (Lipinski definition) is 1. The number of carbonyl (C=O) groups is 1. The van der Waals surface area contributed by atoms with E-state index < -0.39 is 0 Å². The van der Waals surface area contributed by atoms with Crippen LogP contribution in [-0.2, 0) is 22.5 Å². The minimum Gasteiger partial charge on any atom is -0.376 e. The molecule has 7 nitrogen and oxygen atoms in total. The summed E-state index contributed by atoms with van der Waals surface area (Å²) in [5.41, 5.74) is 2.59. The second-order valence-electron chi connectivity index (χ2n) is 6.78. The van der Waals surface area contributed by atoms with Crippen LogP contribution < -0.4 is 5.32 Å². The Kier molecular flexibility index (Phi) is 5.50. The lowest BCUT2D eigenvalue weighted by molar-refractivity contribution is -0.119. The fraction of sp³-hybridized carbons (Fsp3) is 0.556. The van der Waals surface area contributed by atoms with E-state index in [1.54, 1.807) is 4.68 Å². The van der Waals surface area contributed by atoms with Crippen molar-refractivity contribution in [2.24, 2.45) is 0 Å². The van der Waals surface area contributed by atoms with Gasteiger partial charge in [0.2, 0.25) is 11.1 Å². The second-order valence-corrected chi connectivity index (χ2v) is 7.72. The molecular formula is C18H23N5O2S. The Morgan fingerprint density at radius 3 is 3.12 bits per heavy atom. The third-order valence-electron chi connectivity index (χ3n) is 4.94. The van der Waals surface area contributed by atoms with Crippen LogP contribution in [0.1, 0.15) is 42.9 Å². The monoisotopic (exact) mass is 373 g/mol. The van der Waals surface area contributed by atoms with Crippen LogP contribution in [0.15, 0.2) is 29.4 Å². The van der Waals surface area contributed by atoms with E-state index in [2.05, 4.69) is 39.0 Å². The van der Waals surface area contributed by atoms with E-state index in [1.807, 2.05) is 6.07 Å². The number of amides is 1. The standard InChI is InChI=1S/C18H23N5O2S/c24-17(19-16-9-3-6-13-5-1-2-8-15(13)16)12-26-18-20-21-22-23(18)11-14-7-4-10-25-14/h1-2,5,8,14,16H,3-4,6-7,9-12H2,(H,19,24)/t14-,16+/m1/s1. The first-order valence-electron chi connectivity index (χ1n) is 9.17. The molecule has 1 aliphatic heterocycles. The molecule has 0 bridgehead atoms. The minimum atomic E-state index is 0.0170. The lowest BCUT2D eigenvalue weighted by atomic mass is 9.88. The molecule has 1 amide bonds. The molecule has 1 aromatic carbocycles. The Labute approximate surface area is 156 Å². The van der Waals surface area contributed by atoms with Gasteiger partial charge in [0.05, 0.1) is 24.4 Å². The van der Waals surface area contributed by atoms with Gasteiger partial charge in [0.1, 0.15) is 0 Å². The molecule has 2 aliphatic rings. The summed E-state index contributed by atoms with van der Waals surface area (Å²) < 4.78 is 7.38. The van der Waals surface area contributed by atoms with Gasteiger partial charge in [-0.2, -0.15) is 0 Å². The minimum absolute atomic E-state index is 0.0170. The van der Waals surface area contributed by atoms with Crippen LogP contribution in [0.2, 0.25) is 0 Å². The molecule has 1 fully saturated rings. The second kappa shape index (κ2) is 8.18. The van der Waals surface area contributed by atoms with Gasteiger partial charge in [-0.1, -0.05) is 36.0 Å². The third-order valence-corrected chi connectivity index (χ3v) is 5.89. The van der Waals surface area contributed by atoms with Gasteiger partial charge in [-0.3, -0.25) is 4.79 Å². The van der Waals surface area contributed by atoms with Crippen LogP contribution in [0.4, 0.5) is 0 Å². The average molecular weight is 373 g/mol. The van der Waals surface area contributed by atoms with Gasteiger partial charge in [-0.15, -0.1) is 5.10 Å². The van der Waals surface area contributed by atoms with Crippen LogP contribution in [-0.4, -0.2) is 44.6 Å². The average Bonchev–Trinajstić information content (AvgIpc) is 3.33. The highest BCUT2D eigenvalue weighted by Crippen LogP contribution is 2.29. The molecule has 2 atom stereocenters. The van der Waals surface area contributed by atoms with E-state index in [9.17, 15) is 4.79 Å². The Morgan fingerprint density at radius 2 is 2.23 bits per heavy atom. The molecule has 8 heteroatoms. The van der Waals surface area contributed by atoms with Crippen molar-refractivity contribution in [1.29, 1.82) is 0 Å². The number of nitrogens with one attached hydrogen (secondary N) is 1. The summed E-state index contributed by atoms with van der Waals surface area (Å²) in [5.74, 6) is 0.327. The molecule has 2 heterocycles. The first-order valence-corrected chi connectivity index (χ1v) is 10.2. The van der Waals surface area contributed by atoms with E-state index in [-0.39, 0.29) is 18.1 Å². The summed E-state index contributed by atoms with van der Waals surface area (Å²) in [6.07, 6.45) is 5.48. The maximum atomic E-state index is 12.4. The molecule has 0 radical (unpaired) electrons. The van der Waals surface area contributed by atoms with Crippen LogP contribution in [0.3, 0.4) is 0 Å². The predicted molar refractivity (Wildman–Crippen MR) is 97.8 cm³/mol. The quantitative estimate of drug-likeness (QED) is 0.781. The first-order chi connectivity index (χ1) is 12.8. The van der Waals surface area contributed by atoms with Crippen molar-refractivity contribution in [2.45, 2.75) is 56.0 Å². The Bertz CT molecular complexity index is 760. The zero-order valence-corrected chi connectivity index (χ0v) is 15.5. The predicted octanol–water partition coefficient (Wildman–Crippen LogP) is 2.14. The number of hydrogen-bond acceptors (Lipinski definition) is 6. The number of aromatic nitrogens is 4. The van der Waals surface area contributed by atoms with Crippen molar-refractivity contribution in [3.8, 4) is 0 Å². The van der Waals surface area contributed by atoms with Gasteiger partial charge in [0.15, 0.2) is 0 Å². The molecule has 26 heavy (non-hydrogen) atoms. The van der Waals surface area contributed by atoms with Crippen molar-refractivity contribution in [1.82, 2.24) is 25.5 Å². The van der Waals surface area contributed by atoms with Gasteiger partial charge in [-0.05, 0) is 53.7 Å². The lowest BCUT2D eigenvalue weighted by Gasteiger charge is -2.26. The summed E-state index contributed by atoms with van der Waals surface area (Å²) in [6.45, 7) is 1.45. The summed E-state index contributed by atoms with van der Waals surface area (Å²) in [5, 5.41) is 15.6. The maximum Gasteiger partial charge on any atom is 0.230 e. The zero-order valence-electron chi connectivity index (χ0n) is 14.6. The largest absolute Gasteiger partial charge is 0.376 e. The number of fused-ring (bicyclic) bond motifs is 1. The van der Waals surface area contributed by atoms with Gasteiger partial charge in [0, 0.05) is 6.61 Å². The normalized spacial score (nSPS) is 22.2. The Balaban J connectivity index is 1.32. The van der Waals surface area contributed by atoms with Crippen molar-refractivity contribution >= 4 is 17.7 Å². The topological polar surface area (TPSA) is 81.9 Å². The molecule has 1 N–H and O–H groups in total. The molecule has 4 rings (SSSR count). The van der Waals surface area contributed by atoms with E-state index in [0.717, 1.165) is 38.7 Å². The number of carbonyl (C=O) groups excluding carboxylic acids is 1. The molecule has 1 saturated heterocycles. The highest BCUT2D eigenvalue weighted by Gasteiger charge is 2.22. The van der Waals surface area contributed by atoms with Gasteiger partial charge in [0.25, 0.3) is 0 Å². The fourth-order valence-corrected chi connectivity index (χ4v) is 4.36. The highest BCUT2D eigenvalue weighted by molar-refractivity contribution is 7.99. The van der Waals surface area contributed by atoms with Crippen LogP contribution >= 0.6 is 11.8 Å². The van der Waals surface area contributed by atoms with Crippen LogP contribution in [0.5, 0.6) is 0 Å². The van der Waals surface area contributed by atoms with Gasteiger partial charge in [-0.25, -0.2) is 4.68 Å². The van der Waals surface area contributed by atoms with Crippen molar-refractivity contribution in [2.75, 3.05) is 12.4 Å². The van der Waals surface area contributed by atoms with Crippen molar-refractivity contribution in [3.63, 3.8) is 0 Å². The van der Waals surface area contributed by atoms with E-state index in [0.29, 0.717) is 17.5 Å². The Hall–Kier alpha value is -1.93. The van der Waals surface area contributed by atoms with Crippen molar-refractivity contribution in [3.05, 3.63) is 35.4 Å². The highest BCUT2D eigenvalue weighted by atomic mass is 32.2. The molecule has 0 saturated carbocycles. The molecule has 1 aromatic heterocycles. The number of tetrazole rings is 1. The van der Waals surface area contributed by atoms with Crippen molar-refractivity contribution < 1.29 is 9.53 Å². The van der Waals surface area contributed by atoms with E-state index in [1.165, 1.54) is 22.9 Å². The number of ether oxygens (including phenoxy) is 1. The number of aryl methyl sites for hydroxylation is 1.